The van der Waals surface area contributed by atoms with Crippen LogP contribution in [0, 0.1) is 0 Å². The highest BCUT2D eigenvalue weighted by Gasteiger charge is 2.29. The summed E-state index contributed by atoms with van der Waals surface area (Å²) in [4.78, 5) is 28.0. The van der Waals surface area contributed by atoms with Crippen molar-refractivity contribution in [3.63, 3.8) is 0 Å². The molecule has 2 aliphatic heterocycles. The first-order valence-electron chi connectivity index (χ1n) is 10.1. The van der Waals surface area contributed by atoms with E-state index < -0.39 is 5.97 Å². The second kappa shape index (κ2) is 9.39. The molecule has 3 atom stereocenters. The molecule has 1 saturated heterocycles. The number of likely N-dealkylation sites (tertiary alicyclic amines) is 1. The minimum atomic E-state index is -0.798. The van der Waals surface area contributed by atoms with Crippen molar-refractivity contribution < 1.29 is 19.4 Å². The Kier molecular flexibility index (Phi) is 6.91. The fourth-order valence-electron chi connectivity index (χ4n) is 4.22. The zero-order valence-corrected chi connectivity index (χ0v) is 16.8. The normalized spacial score (nSPS) is 24.0. The summed E-state index contributed by atoms with van der Waals surface area (Å²) in [5.41, 5.74) is 1.04. The van der Waals surface area contributed by atoms with Gasteiger partial charge in [-0.25, -0.2) is 0 Å². The van der Waals surface area contributed by atoms with Gasteiger partial charge in [-0.05, 0) is 45.8 Å². The molecule has 3 unspecified atom stereocenters. The molecule has 7 heteroatoms. The summed E-state index contributed by atoms with van der Waals surface area (Å²) in [6.45, 7) is 4.29. The summed E-state index contributed by atoms with van der Waals surface area (Å²) in [6, 6.07) is 7.90. The minimum absolute atomic E-state index is 0.0127. The van der Waals surface area contributed by atoms with Crippen molar-refractivity contribution in [3.8, 4) is 5.75 Å². The van der Waals surface area contributed by atoms with E-state index in [4.69, 9.17) is 9.84 Å². The monoisotopic (exact) mass is 389 g/mol. The number of ether oxygens (including phenoxy) is 1. The Labute approximate surface area is 166 Å². The molecule has 1 aromatic carbocycles. The molecule has 1 amide bonds. The third-order valence-electron chi connectivity index (χ3n) is 5.94. The van der Waals surface area contributed by atoms with Gasteiger partial charge in [0.2, 0.25) is 5.91 Å². The standard InChI is InChI=1S/C21H31N3O4/c1-15(24-11-5-6-16(9-12-24)23(2)14-20(25)26)21(27)22-18-10-13-28-19-8-4-3-7-17(18)19/h3-4,7-8,15-16,18H,5-6,9-14H2,1-2H3,(H,22,27)(H,25,26). The van der Waals surface area contributed by atoms with Crippen molar-refractivity contribution in [3.05, 3.63) is 29.8 Å². The Morgan fingerprint density at radius 3 is 2.86 bits per heavy atom. The predicted octanol–water partition coefficient (Wildman–Crippen LogP) is 1.89. The number of rotatable bonds is 6. The fourth-order valence-corrected chi connectivity index (χ4v) is 4.22. The zero-order chi connectivity index (χ0) is 20.1. The largest absolute Gasteiger partial charge is 0.493 e. The van der Waals surface area contributed by atoms with Gasteiger partial charge in [0.25, 0.3) is 0 Å². The number of benzene rings is 1. The van der Waals surface area contributed by atoms with E-state index in [1.54, 1.807) is 0 Å². The number of hydrogen-bond donors (Lipinski definition) is 2. The van der Waals surface area contributed by atoms with Crippen molar-refractivity contribution in [2.75, 3.05) is 33.3 Å². The van der Waals surface area contributed by atoms with E-state index in [1.807, 2.05) is 43.1 Å². The van der Waals surface area contributed by atoms with Gasteiger partial charge in [0, 0.05) is 24.6 Å². The molecule has 0 aromatic heterocycles. The van der Waals surface area contributed by atoms with Gasteiger partial charge >= 0.3 is 5.97 Å². The molecule has 0 spiro atoms. The van der Waals surface area contributed by atoms with E-state index in [9.17, 15) is 9.59 Å². The number of carbonyl (C=O) groups excluding carboxylic acids is 1. The van der Waals surface area contributed by atoms with E-state index in [1.165, 1.54) is 0 Å². The highest BCUT2D eigenvalue weighted by Crippen LogP contribution is 2.31. The summed E-state index contributed by atoms with van der Waals surface area (Å²) >= 11 is 0. The molecule has 0 bridgehead atoms. The van der Waals surface area contributed by atoms with Crippen LogP contribution in [0.2, 0.25) is 0 Å². The highest BCUT2D eigenvalue weighted by molar-refractivity contribution is 5.82. The third-order valence-corrected chi connectivity index (χ3v) is 5.94. The molecule has 2 heterocycles. The Bertz CT molecular complexity index is 696. The second-order valence-electron chi connectivity index (χ2n) is 7.84. The highest BCUT2D eigenvalue weighted by atomic mass is 16.5. The van der Waals surface area contributed by atoms with E-state index in [0.717, 1.165) is 50.1 Å². The second-order valence-corrected chi connectivity index (χ2v) is 7.84. The minimum Gasteiger partial charge on any atom is -0.493 e. The number of nitrogens with zero attached hydrogens (tertiary/aromatic N) is 2. The molecule has 0 saturated carbocycles. The molecule has 7 nitrogen and oxygen atoms in total. The number of nitrogens with one attached hydrogen (secondary N) is 1. The molecule has 154 valence electrons. The quantitative estimate of drug-likeness (QED) is 0.773. The molecule has 0 aliphatic carbocycles. The van der Waals surface area contributed by atoms with Gasteiger partial charge in [-0.2, -0.15) is 0 Å². The van der Waals surface area contributed by atoms with Crippen molar-refractivity contribution in [1.82, 2.24) is 15.1 Å². The molecular weight excluding hydrogens is 358 g/mol. The van der Waals surface area contributed by atoms with Crippen LogP contribution in [0.5, 0.6) is 5.75 Å². The third kappa shape index (κ3) is 5.02. The Morgan fingerprint density at radius 1 is 1.29 bits per heavy atom. The number of carboxylic acid groups (broad SMARTS) is 1. The number of fused-ring (bicyclic) bond motifs is 1. The van der Waals surface area contributed by atoms with Gasteiger partial charge in [-0.15, -0.1) is 0 Å². The topological polar surface area (TPSA) is 82.1 Å². The molecule has 2 aliphatic rings. The van der Waals surface area contributed by atoms with Gasteiger partial charge in [0.15, 0.2) is 0 Å². The van der Waals surface area contributed by atoms with Crippen LogP contribution in [0.1, 0.15) is 44.2 Å². The average Bonchev–Trinajstić information content (AvgIpc) is 2.93. The van der Waals surface area contributed by atoms with Crippen molar-refractivity contribution in [1.29, 1.82) is 0 Å². The summed E-state index contributed by atoms with van der Waals surface area (Å²) in [7, 11) is 1.87. The molecule has 1 fully saturated rings. The van der Waals surface area contributed by atoms with Crippen molar-refractivity contribution in [2.24, 2.45) is 0 Å². The molecule has 3 rings (SSSR count). The van der Waals surface area contributed by atoms with Gasteiger partial charge in [-0.3, -0.25) is 19.4 Å². The van der Waals surface area contributed by atoms with Crippen LogP contribution in [0.4, 0.5) is 0 Å². The number of aliphatic carboxylic acids is 1. The van der Waals surface area contributed by atoms with E-state index in [-0.39, 0.29) is 30.6 Å². The lowest BCUT2D eigenvalue weighted by Crippen LogP contribution is -2.47. The Hall–Kier alpha value is -2.12. The van der Waals surface area contributed by atoms with Gasteiger partial charge in [-0.1, -0.05) is 18.2 Å². The number of likely N-dealkylation sites (N-methyl/N-ethyl adjacent to an activating group) is 1. The molecule has 1 aromatic rings. The summed E-state index contributed by atoms with van der Waals surface area (Å²) in [6.07, 6.45) is 3.58. The van der Waals surface area contributed by atoms with Crippen LogP contribution < -0.4 is 10.1 Å². The maximum atomic E-state index is 12.9. The Morgan fingerprint density at radius 2 is 2.07 bits per heavy atom. The van der Waals surface area contributed by atoms with Crippen molar-refractivity contribution >= 4 is 11.9 Å². The first kappa shape index (κ1) is 20.6. The average molecular weight is 389 g/mol. The van der Waals surface area contributed by atoms with Gasteiger partial charge < -0.3 is 15.2 Å². The van der Waals surface area contributed by atoms with Crippen LogP contribution in [-0.4, -0.2) is 72.2 Å². The van der Waals surface area contributed by atoms with Crippen LogP contribution in [-0.2, 0) is 9.59 Å². The molecule has 2 N–H and O–H groups in total. The SMILES string of the molecule is CC(C(=O)NC1CCOc2ccccc21)N1CCCC(N(C)CC(=O)O)CC1. The maximum absolute atomic E-state index is 12.9. The van der Waals surface area contributed by atoms with Crippen LogP contribution in [0.15, 0.2) is 24.3 Å². The van der Waals surface area contributed by atoms with Gasteiger partial charge in [0.1, 0.15) is 5.75 Å². The first-order chi connectivity index (χ1) is 13.5. The number of amides is 1. The predicted molar refractivity (Wildman–Crippen MR) is 106 cm³/mol. The molecule has 28 heavy (non-hydrogen) atoms. The van der Waals surface area contributed by atoms with Crippen LogP contribution in [0.3, 0.4) is 0 Å². The summed E-state index contributed by atoms with van der Waals surface area (Å²) in [5.74, 6) is 0.0953. The lowest BCUT2D eigenvalue weighted by molar-refractivity contribution is -0.138. The zero-order valence-electron chi connectivity index (χ0n) is 16.8. The lowest BCUT2D eigenvalue weighted by Gasteiger charge is -2.31. The number of hydrogen-bond acceptors (Lipinski definition) is 5. The number of para-hydroxylation sites is 1. The van der Waals surface area contributed by atoms with Crippen molar-refractivity contribution in [2.45, 2.75) is 50.7 Å². The smallest absolute Gasteiger partial charge is 0.317 e. The number of carbonyl (C=O) groups is 2. The molecular formula is C21H31N3O4. The van der Waals surface area contributed by atoms with Gasteiger partial charge in [0.05, 0.1) is 25.2 Å². The maximum Gasteiger partial charge on any atom is 0.317 e. The van der Waals surface area contributed by atoms with Crippen LogP contribution in [0.25, 0.3) is 0 Å². The molecule has 0 radical (unpaired) electrons. The van der Waals surface area contributed by atoms with E-state index in [2.05, 4.69) is 10.2 Å². The van der Waals surface area contributed by atoms with E-state index >= 15 is 0 Å². The fraction of sp³-hybridized carbons (Fsp3) is 0.619. The summed E-state index contributed by atoms with van der Waals surface area (Å²) < 4.78 is 5.68. The lowest BCUT2D eigenvalue weighted by atomic mass is 10.00. The van der Waals surface area contributed by atoms with Crippen LogP contribution >= 0.6 is 0 Å². The summed E-state index contributed by atoms with van der Waals surface area (Å²) in [5, 5.41) is 12.2. The van der Waals surface area contributed by atoms with E-state index in [0.29, 0.717) is 6.61 Å². The number of carboxylic acids is 1. The Balaban J connectivity index is 1.56. The first-order valence-corrected chi connectivity index (χ1v) is 10.1.